The molecule has 42 valence electrons. The van der Waals surface area contributed by atoms with Crippen molar-refractivity contribution in [2.45, 2.75) is 0 Å². The van der Waals surface area contributed by atoms with E-state index < -0.39 is 0 Å². The molecule has 0 aliphatic rings. The number of halogens is 2. The van der Waals surface area contributed by atoms with Gasteiger partial charge in [0.1, 0.15) is 0 Å². The van der Waals surface area contributed by atoms with E-state index in [-0.39, 0.29) is 0 Å². The van der Waals surface area contributed by atoms with Gasteiger partial charge in [-0.05, 0) is 0 Å². The van der Waals surface area contributed by atoms with Gasteiger partial charge in [-0.3, -0.25) is 0 Å². The molecule has 0 amide bonds. The summed E-state index contributed by atoms with van der Waals surface area (Å²) in [5.74, 6) is 0. The smallest absolute Gasteiger partial charge is 0.0555 e. The van der Waals surface area contributed by atoms with Gasteiger partial charge in [0.25, 0.3) is 0 Å². The van der Waals surface area contributed by atoms with Crippen molar-refractivity contribution in [3.8, 4) is 0 Å². The molecule has 2 nitrogen and oxygen atoms in total. The van der Waals surface area contributed by atoms with E-state index in [9.17, 15) is 4.48 Å². The molecule has 0 saturated carbocycles. The van der Waals surface area contributed by atoms with Crippen LogP contribution in [-0.2, 0) is 0 Å². The van der Waals surface area contributed by atoms with E-state index in [0.29, 0.717) is 5.12 Å². The molecule has 0 aromatic rings. The fourth-order valence-electron chi connectivity index (χ4n) is 0.131. The zero-order valence-electron chi connectivity index (χ0n) is 3.86. The van der Waals surface area contributed by atoms with E-state index in [1.807, 2.05) is 22.9 Å². The van der Waals surface area contributed by atoms with Crippen LogP contribution in [0.2, 0.25) is 0 Å². The predicted molar refractivity (Wildman–Crippen MR) is 35.2 cm³/mol. The minimum Gasteiger partial charge on any atom is -0.333 e. The summed E-state index contributed by atoms with van der Waals surface area (Å²) in [7, 11) is 1.31. The molecule has 0 bridgehead atoms. The topological polar surface area (TPSA) is 15.3 Å². The Bertz CT molecular complexity index is 64.0. The third-order valence-corrected chi connectivity index (χ3v) is 0.703. The number of nitrogens with zero attached hydrogens (tertiary/aromatic N) is 1. The number of hydrogen-bond acceptors (Lipinski definition) is 2. The lowest BCUT2D eigenvalue weighted by Crippen LogP contribution is -1.95. The Labute approximate surface area is 55.8 Å². The Balaban J connectivity index is 3.08. The van der Waals surface area contributed by atoms with Crippen LogP contribution in [0.3, 0.4) is 0 Å². The zero-order chi connectivity index (χ0) is 5.70. The maximum atomic E-state index is 11.6. The van der Waals surface area contributed by atoms with E-state index in [4.69, 9.17) is 0 Å². The predicted octanol–water partition coefficient (Wildman–Crippen LogP) is 1.21. The van der Waals surface area contributed by atoms with Gasteiger partial charge in [0.2, 0.25) is 0 Å². The van der Waals surface area contributed by atoms with E-state index >= 15 is 0 Å². The quantitative estimate of drug-likeness (QED) is 0.551. The summed E-state index contributed by atoms with van der Waals surface area (Å²) < 4.78 is 14.2. The highest BCUT2D eigenvalue weighted by molar-refractivity contribution is 14.1. The Hall–Kier alpha value is 0. The maximum Gasteiger partial charge on any atom is 0.0555 e. The highest BCUT2D eigenvalue weighted by atomic mass is 127. The highest BCUT2D eigenvalue weighted by Gasteiger charge is 1.74. The number of hydrogen-bond donors (Lipinski definition) is 1. The second kappa shape index (κ2) is 4.17. The Morgan fingerprint density at radius 1 is 1.86 bits per heavy atom. The molecule has 0 unspecified atom stereocenters. The summed E-state index contributed by atoms with van der Waals surface area (Å²) >= 11 is 1.89. The molecule has 7 heavy (non-hydrogen) atoms. The monoisotopic (exact) mass is 216 g/mol. The van der Waals surface area contributed by atoms with Gasteiger partial charge in [0.15, 0.2) is 0 Å². The largest absolute Gasteiger partial charge is 0.333 e. The lowest BCUT2D eigenvalue weighted by atomic mass is 10.9. The van der Waals surface area contributed by atoms with Crippen LogP contribution in [0.5, 0.6) is 0 Å². The third kappa shape index (κ3) is 6.00. The summed E-state index contributed by atoms with van der Waals surface area (Å²) in [5, 5.41) is 0.464. The molecule has 1 N–H and O–H groups in total. The molecule has 0 atom stereocenters. The van der Waals surface area contributed by atoms with Gasteiger partial charge in [-0.2, -0.15) is 0 Å². The molecule has 0 spiro atoms. The summed E-state index contributed by atoms with van der Waals surface area (Å²) in [5.41, 5.74) is 0. The van der Waals surface area contributed by atoms with Crippen LogP contribution < -0.4 is 3.53 Å². The average molecular weight is 216 g/mol. The summed E-state index contributed by atoms with van der Waals surface area (Å²) in [6.45, 7) is 0. The van der Waals surface area contributed by atoms with Gasteiger partial charge in [0, 0.05) is 19.4 Å². The van der Waals surface area contributed by atoms with Crippen molar-refractivity contribution in [1.29, 1.82) is 0 Å². The fraction of sp³-hybridized carbons (Fsp3) is 0.333. The normalized spacial score (nSPS) is 9.57. The molecule has 0 aliphatic heterocycles. The first kappa shape index (κ1) is 7.00. The first-order chi connectivity index (χ1) is 3.27. The van der Waals surface area contributed by atoms with E-state index in [1.54, 1.807) is 0 Å². The van der Waals surface area contributed by atoms with Crippen molar-refractivity contribution in [3.63, 3.8) is 0 Å². The van der Waals surface area contributed by atoms with Gasteiger partial charge >= 0.3 is 0 Å². The lowest BCUT2D eigenvalue weighted by Gasteiger charge is -1.93. The number of nitrogens with one attached hydrogen (secondary N) is 1. The van der Waals surface area contributed by atoms with Gasteiger partial charge in [0.05, 0.1) is 22.9 Å². The summed E-state index contributed by atoms with van der Waals surface area (Å²) in [6.07, 6.45) is 2.76. The summed E-state index contributed by atoms with van der Waals surface area (Å²) in [6, 6.07) is 0. The molecule has 4 heteroatoms. The Morgan fingerprint density at radius 3 is 2.57 bits per heavy atom. The van der Waals surface area contributed by atoms with Gasteiger partial charge in [-0.15, -0.1) is 4.48 Å². The molecule has 0 saturated heterocycles. The molecule has 0 heterocycles. The van der Waals surface area contributed by atoms with Crippen molar-refractivity contribution in [2.75, 3.05) is 7.05 Å². The van der Waals surface area contributed by atoms with Crippen LogP contribution in [0.15, 0.2) is 12.4 Å². The van der Waals surface area contributed by atoms with Crippen LogP contribution in [0, 0.1) is 0 Å². The minimum atomic E-state index is 0.464. The highest BCUT2D eigenvalue weighted by Crippen LogP contribution is 1.80. The van der Waals surface area contributed by atoms with Crippen molar-refractivity contribution < 1.29 is 4.48 Å². The first-order valence-electron chi connectivity index (χ1n) is 1.69. The van der Waals surface area contributed by atoms with Crippen molar-refractivity contribution in [2.24, 2.45) is 0 Å². The van der Waals surface area contributed by atoms with Crippen molar-refractivity contribution in [1.82, 2.24) is 8.65 Å². The molecular weight excluding hydrogens is 210 g/mol. The molecular formula is C3H6FIN2. The second-order valence-corrected chi connectivity index (χ2v) is 1.57. The van der Waals surface area contributed by atoms with Crippen LogP contribution in [0.1, 0.15) is 0 Å². The zero-order valence-corrected chi connectivity index (χ0v) is 6.02. The van der Waals surface area contributed by atoms with Gasteiger partial charge in [-0.25, -0.2) is 5.12 Å². The van der Waals surface area contributed by atoms with Crippen LogP contribution in [-0.4, -0.2) is 12.2 Å². The maximum absolute atomic E-state index is 11.6. The Kier molecular flexibility index (Phi) is 4.17. The van der Waals surface area contributed by atoms with Crippen LogP contribution in [0.4, 0.5) is 4.48 Å². The third-order valence-electron chi connectivity index (χ3n) is 0.343. The molecule has 0 aliphatic carbocycles. The molecule has 0 rings (SSSR count). The van der Waals surface area contributed by atoms with Gasteiger partial charge < -0.3 is 3.53 Å². The lowest BCUT2D eigenvalue weighted by molar-refractivity contribution is 0.128. The molecule has 0 fully saturated rings. The molecule has 0 aromatic heterocycles. The standard InChI is InChI=1S/C3H6FIN2/c1-7(4)3-2-6-5/h2-3,6H,1H3/b3-2-. The summed E-state index contributed by atoms with van der Waals surface area (Å²) in [4.78, 5) is 0. The van der Waals surface area contributed by atoms with Gasteiger partial charge in [-0.1, -0.05) is 0 Å². The van der Waals surface area contributed by atoms with Crippen molar-refractivity contribution >= 4 is 22.9 Å². The second-order valence-electron chi connectivity index (χ2n) is 0.950. The molecule has 0 radical (unpaired) electrons. The Morgan fingerprint density at radius 2 is 2.43 bits per heavy atom. The SMILES string of the molecule is CN(F)/C=C\NI. The average Bonchev–Trinajstić information content (AvgIpc) is 1.61. The van der Waals surface area contributed by atoms with Crippen LogP contribution >= 0.6 is 22.9 Å². The van der Waals surface area contributed by atoms with E-state index in [1.165, 1.54) is 19.4 Å². The number of rotatable bonds is 2. The molecule has 0 aromatic carbocycles. The van der Waals surface area contributed by atoms with Crippen LogP contribution in [0.25, 0.3) is 0 Å². The first-order valence-corrected chi connectivity index (χ1v) is 2.76. The minimum absolute atomic E-state index is 0.464. The van der Waals surface area contributed by atoms with E-state index in [2.05, 4.69) is 3.53 Å². The fourth-order valence-corrected chi connectivity index (χ4v) is 0.292. The van der Waals surface area contributed by atoms with Crippen molar-refractivity contribution in [3.05, 3.63) is 12.4 Å². The van der Waals surface area contributed by atoms with E-state index in [0.717, 1.165) is 0 Å².